The molecule has 3 rings (SSSR count). The van der Waals surface area contributed by atoms with Gasteiger partial charge in [-0.25, -0.2) is 0 Å². The molecular formula is C24H38N4O2. The summed E-state index contributed by atoms with van der Waals surface area (Å²) in [4.78, 5) is 22.0. The van der Waals surface area contributed by atoms with Gasteiger partial charge in [0.05, 0.1) is 12.5 Å². The monoisotopic (exact) mass is 414 g/mol. The zero-order valence-electron chi connectivity index (χ0n) is 18.7. The minimum atomic E-state index is -0.0668. The molecule has 2 fully saturated rings. The van der Waals surface area contributed by atoms with Gasteiger partial charge in [-0.05, 0) is 57.6 Å². The number of rotatable bonds is 8. The molecule has 2 unspecified atom stereocenters. The van der Waals surface area contributed by atoms with Crippen LogP contribution in [-0.4, -0.2) is 74.1 Å². The van der Waals surface area contributed by atoms with E-state index in [1.165, 1.54) is 12.0 Å². The Balaban J connectivity index is 1.49. The molecule has 1 N–H and O–H groups in total. The average Bonchev–Trinajstić information content (AvgIpc) is 3.24. The molecule has 166 valence electrons. The fraction of sp³-hybridized carbons (Fsp3) is 0.667. The van der Waals surface area contributed by atoms with Crippen LogP contribution in [0.3, 0.4) is 0 Å². The summed E-state index contributed by atoms with van der Waals surface area (Å²) in [6.07, 6.45) is 4.24. The van der Waals surface area contributed by atoms with Gasteiger partial charge in [0.2, 0.25) is 0 Å². The molecule has 2 atom stereocenters. The molecule has 1 aromatic carbocycles. The van der Waals surface area contributed by atoms with Crippen LogP contribution in [0.5, 0.6) is 0 Å². The Morgan fingerprint density at radius 1 is 1.17 bits per heavy atom. The molecule has 0 amide bonds. The van der Waals surface area contributed by atoms with E-state index < -0.39 is 0 Å². The summed E-state index contributed by atoms with van der Waals surface area (Å²) in [6, 6.07) is 10.7. The van der Waals surface area contributed by atoms with Gasteiger partial charge in [-0.2, -0.15) is 0 Å². The average molecular weight is 415 g/mol. The van der Waals surface area contributed by atoms with Gasteiger partial charge in [-0.15, -0.1) is 0 Å². The van der Waals surface area contributed by atoms with E-state index in [4.69, 9.17) is 9.73 Å². The summed E-state index contributed by atoms with van der Waals surface area (Å²) < 4.78 is 5.25. The third-order valence-electron chi connectivity index (χ3n) is 6.10. The highest BCUT2D eigenvalue weighted by molar-refractivity contribution is 5.81. The van der Waals surface area contributed by atoms with E-state index in [0.717, 1.165) is 64.5 Å². The van der Waals surface area contributed by atoms with Gasteiger partial charge in [-0.3, -0.25) is 9.79 Å². The van der Waals surface area contributed by atoms with Crippen molar-refractivity contribution in [2.75, 3.05) is 52.4 Å². The van der Waals surface area contributed by atoms with Gasteiger partial charge < -0.3 is 19.9 Å². The van der Waals surface area contributed by atoms with Crippen molar-refractivity contribution in [2.45, 2.75) is 39.5 Å². The Morgan fingerprint density at radius 3 is 2.77 bits per heavy atom. The SMILES string of the molecule is CCNC(=NCC1CCN(CCc2ccccc2)C1)N1CCCC(C(=O)OCC)C1. The van der Waals surface area contributed by atoms with Crippen molar-refractivity contribution in [3.63, 3.8) is 0 Å². The molecule has 2 aliphatic rings. The van der Waals surface area contributed by atoms with Crippen molar-refractivity contribution < 1.29 is 9.53 Å². The maximum atomic E-state index is 12.2. The molecule has 2 saturated heterocycles. The second-order valence-electron chi connectivity index (χ2n) is 8.42. The highest BCUT2D eigenvalue weighted by Gasteiger charge is 2.29. The molecule has 1 aromatic rings. The quantitative estimate of drug-likeness (QED) is 0.403. The first kappa shape index (κ1) is 22.6. The number of nitrogens with zero attached hydrogens (tertiary/aromatic N) is 3. The molecule has 2 aliphatic heterocycles. The van der Waals surface area contributed by atoms with Crippen LogP contribution >= 0.6 is 0 Å². The molecule has 0 bridgehead atoms. The molecule has 6 nitrogen and oxygen atoms in total. The van der Waals surface area contributed by atoms with Gasteiger partial charge >= 0.3 is 5.97 Å². The van der Waals surface area contributed by atoms with Crippen LogP contribution in [0.15, 0.2) is 35.3 Å². The number of hydrogen-bond acceptors (Lipinski definition) is 4. The second-order valence-corrected chi connectivity index (χ2v) is 8.42. The number of hydrogen-bond donors (Lipinski definition) is 1. The molecule has 0 aromatic heterocycles. The van der Waals surface area contributed by atoms with E-state index in [1.807, 2.05) is 6.92 Å². The van der Waals surface area contributed by atoms with Crippen molar-refractivity contribution in [3.8, 4) is 0 Å². The molecule has 30 heavy (non-hydrogen) atoms. The standard InChI is InChI=1S/C24H38N4O2/c1-3-25-24(28-14-8-11-22(19-28)23(29)30-4-2)26-17-21-13-16-27(18-21)15-12-20-9-6-5-7-10-20/h5-7,9-10,21-22H,3-4,8,11-19H2,1-2H3,(H,25,26). The normalized spacial score (nSPS) is 22.9. The Hall–Kier alpha value is -2.08. The number of nitrogens with one attached hydrogen (secondary N) is 1. The van der Waals surface area contributed by atoms with Crippen LogP contribution in [0.25, 0.3) is 0 Å². The number of carbonyl (C=O) groups is 1. The van der Waals surface area contributed by atoms with Crippen molar-refractivity contribution >= 4 is 11.9 Å². The molecule has 6 heteroatoms. The fourth-order valence-corrected chi connectivity index (χ4v) is 4.46. The highest BCUT2D eigenvalue weighted by atomic mass is 16.5. The van der Waals surface area contributed by atoms with E-state index in [9.17, 15) is 4.79 Å². The summed E-state index contributed by atoms with van der Waals surface area (Å²) in [7, 11) is 0. The van der Waals surface area contributed by atoms with Crippen LogP contribution in [0, 0.1) is 11.8 Å². The van der Waals surface area contributed by atoms with Crippen LogP contribution in [0.4, 0.5) is 0 Å². The minimum absolute atomic E-state index is 0.0393. The predicted molar refractivity (Wildman–Crippen MR) is 122 cm³/mol. The first-order chi connectivity index (χ1) is 14.7. The lowest BCUT2D eigenvalue weighted by molar-refractivity contribution is -0.149. The van der Waals surface area contributed by atoms with Crippen LogP contribution in [0.1, 0.15) is 38.7 Å². The van der Waals surface area contributed by atoms with Crippen molar-refractivity contribution in [3.05, 3.63) is 35.9 Å². The van der Waals surface area contributed by atoms with E-state index in [1.54, 1.807) is 0 Å². The second kappa shape index (κ2) is 11.9. The Kier molecular flexibility index (Phi) is 9.00. The number of guanidine groups is 1. The first-order valence-electron chi connectivity index (χ1n) is 11.7. The molecule has 0 aliphatic carbocycles. The minimum Gasteiger partial charge on any atom is -0.466 e. The Morgan fingerprint density at radius 2 is 2.00 bits per heavy atom. The number of benzene rings is 1. The molecule has 0 radical (unpaired) electrons. The highest BCUT2D eigenvalue weighted by Crippen LogP contribution is 2.20. The van der Waals surface area contributed by atoms with E-state index in [2.05, 4.69) is 52.4 Å². The predicted octanol–water partition coefficient (Wildman–Crippen LogP) is 2.79. The van der Waals surface area contributed by atoms with Gasteiger partial charge in [-0.1, -0.05) is 30.3 Å². The number of likely N-dealkylation sites (tertiary alicyclic amines) is 2. The zero-order valence-corrected chi connectivity index (χ0v) is 18.7. The van der Waals surface area contributed by atoms with Crippen LogP contribution in [0.2, 0.25) is 0 Å². The van der Waals surface area contributed by atoms with E-state index >= 15 is 0 Å². The molecular weight excluding hydrogens is 376 g/mol. The largest absolute Gasteiger partial charge is 0.466 e. The lowest BCUT2D eigenvalue weighted by atomic mass is 9.98. The lowest BCUT2D eigenvalue weighted by Gasteiger charge is -2.34. The number of piperidine rings is 1. The van der Waals surface area contributed by atoms with Crippen molar-refractivity contribution in [2.24, 2.45) is 16.8 Å². The van der Waals surface area contributed by atoms with Gasteiger partial charge in [0.15, 0.2) is 5.96 Å². The fourth-order valence-electron chi connectivity index (χ4n) is 4.46. The summed E-state index contributed by atoms with van der Waals surface area (Å²) >= 11 is 0. The zero-order chi connectivity index (χ0) is 21.2. The first-order valence-corrected chi connectivity index (χ1v) is 11.7. The summed E-state index contributed by atoms with van der Waals surface area (Å²) in [6.45, 7) is 11.2. The maximum Gasteiger partial charge on any atom is 0.310 e. The summed E-state index contributed by atoms with van der Waals surface area (Å²) in [5, 5.41) is 3.44. The number of aliphatic imine (C=N–C) groups is 1. The van der Waals surface area contributed by atoms with Gasteiger partial charge in [0, 0.05) is 39.3 Å². The topological polar surface area (TPSA) is 57.2 Å². The number of carbonyl (C=O) groups excluding carboxylic acids is 1. The van der Waals surface area contributed by atoms with E-state index in [0.29, 0.717) is 19.1 Å². The lowest BCUT2D eigenvalue weighted by Crippen LogP contribution is -2.48. The molecule has 0 saturated carbocycles. The summed E-state index contributed by atoms with van der Waals surface area (Å²) in [5.41, 5.74) is 1.41. The number of ether oxygens (including phenoxy) is 1. The van der Waals surface area contributed by atoms with Crippen molar-refractivity contribution in [1.29, 1.82) is 0 Å². The summed E-state index contributed by atoms with van der Waals surface area (Å²) in [5.74, 6) is 1.46. The maximum absolute atomic E-state index is 12.2. The third-order valence-corrected chi connectivity index (χ3v) is 6.10. The van der Waals surface area contributed by atoms with Crippen LogP contribution in [-0.2, 0) is 16.0 Å². The van der Waals surface area contributed by atoms with Gasteiger partial charge in [0.25, 0.3) is 0 Å². The molecule has 0 spiro atoms. The Labute approximate surface area is 181 Å². The van der Waals surface area contributed by atoms with Crippen LogP contribution < -0.4 is 5.32 Å². The molecule has 2 heterocycles. The smallest absolute Gasteiger partial charge is 0.310 e. The van der Waals surface area contributed by atoms with Gasteiger partial charge in [0.1, 0.15) is 0 Å². The third kappa shape index (κ3) is 6.73. The van der Waals surface area contributed by atoms with Crippen molar-refractivity contribution in [1.82, 2.24) is 15.1 Å². The van der Waals surface area contributed by atoms with E-state index in [-0.39, 0.29) is 11.9 Å². The Bertz CT molecular complexity index is 679. The number of esters is 1.